The van der Waals surface area contributed by atoms with Crippen molar-refractivity contribution in [3.63, 3.8) is 0 Å². The van der Waals surface area contributed by atoms with Gasteiger partial charge in [-0.2, -0.15) is 0 Å². The highest BCUT2D eigenvalue weighted by molar-refractivity contribution is 5.85. The summed E-state index contributed by atoms with van der Waals surface area (Å²) in [5.41, 5.74) is 2.35. The largest absolute Gasteiger partial charge is 0.378 e. The molecule has 0 unspecified atom stereocenters. The minimum Gasteiger partial charge on any atom is -0.378 e. The van der Waals surface area contributed by atoms with Crippen LogP contribution in [0.5, 0.6) is 0 Å². The molecule has 0 N–H and O–H groups in total. The molecule has 0 amide bonds. The van der Waals surface area contributed by atoms with Crippen LogP contribution in [-0.2, 0) is 9.47 Å². The molecule has 0 bridgehead atoms. The number of piperazine rings is 1. The second-order valence-electron chi connectivity index (χ2n) is 7.82. The lowest BCUT2D eigenvalue weighted by atomic mass is 10.0. The maximum Gasteiger partial charge on any atom is 0.108 e. The molecule has 1 fully saturated rings. The summed E-state index contributed by atoms with van der Waals surface area (Å²) in [4.78, 5) is 4.96. The highest BCUT2D eigenvalue weighted by Gasteiger charge is 2.26. The summed E-state index contributed by atoms with van der Waals surface area (Å²) in [6, 6.07) is 22.0. The normalized spacial score (nSPS) is 19.9. The van der Waals surface area contributed by atoms with Gasteiger partial charge < -0.3 is 14.4 Å². The van der Waals surface area contributed by atoms with E-state index in [4.69, 9.17) is 9.47 Å². The van der Waals surface area contributed by atoms with E-state index in [2.05, 4.69) is 79.2 Å². The molecule has 2 atom stereocenters. The summed E-state index contributed by atoms with van der Waals surface area (Å²) >= 11 is 0. The number of nitrogens with zero attached hydrogens (tertiary/aromatic N) is 2. The summed E-state index contributed by atoms with van der Waals surface area (Å²) in [6.45, 7) is 9.78. The van der Waals surface area contributed by atoms with Gasteiger partial charge in [-0.25, -0.2) is 0 Å². The highest BCUT2D eigenvalue weighted by atomic mass is 35.5. The van der Waals surface area contributed by atoms with E-state index < -0.39 is 0 Å². The monoisotopic (exact) mass is 454 g/mol. The Labute approximate surface area is 194 Å². The van der Waals surface area contributed by atoms with Crippen molar-refractivity contribution in [2.75, 3.05) is 46.5 Å². The quantitative estimate of drug-likeness (QED) is 0.513. The van der Waals surface area contributed by atoms with Gasteiger partial charge in [0.05, 0.1) is 19.8 Å². The Morgan fingerprint density at radius 2 is 1.37 bits per heavy atom. The first-order chi connectivity index (χ1) is 13.6. The Morgan fingerprint density at radius 3 is 1.93 bits per heavy atom. The van der Waals surface area contributed by atoms with Crippen LogP contribution in [0.25, 0.3) is 0 Å². The van der Waals surface area contributed by atoms with E-state index in [1.807, 2.05) is 12.1 Å². The van der Waals surface area contributed by atoms with Crippen LogP contribution in [0.15, 0.2) is 60.7 Å². The molecule has 168 valence electrons. The van der Waals surface area contributed by atoms with E-state index in [9.17, 15) is 0 Å². The van der Waals surface area contributed by atoms with E-state index in [-0.39, 0.29) is 30.9 Å². The minimum atomic E-state index is -0.0514. The number of ether oxygens (including phenoxy) is 2. The first-order valence-corrected chi connectivity index (χ1v) is 10.4. The number of likely N-dealkylation sites (N-methyl/N-ethyl adjacent to an activating group) is 1. The second kappa shape index (κ2) is 14.0. The van der Waals surface area contributed by atoms with Gasteiger partial charge in [-0.3, -0.25) is 4.90 Å². The number of benzene rings is 2. The topological polar surface area (TPSA) is 24.9 Å². The molecule has 0 aromatic heterocycles. The zero-order chi connectivity index (χ0) is 19.8. The summed E-state index contributed by atoms with van der Waals surface area (Å²) in [6.07, 6.45) is -0.0514. The second-order valence-corrected chi connectivity index (χ2v) is 7.82. The van der Waals surface area contributed by atoms with Crippen LogP contribution in [0.2, 0.25) is 0 Å². The van der Waals surface area contributed by atoms with Crippen LogP contribution >= 0.6 is 24.8 Å². The Kier molecular flexibility index (Phi) is 12.6. The van der Waals surface area contributed by atoms with Crippen molar-refractivity contribution in [1.82, 2.24) is 9.80 Å². The Morgan fingerprint density at radius 1 is 0.800 bits per heavy atom. The van der Waals surface area contributed by atoms with Crippen molar-refractivity contribution in [1.29, 1.82) is 0 Å². The summed E-state index contributed by atoms with van der Waals surface area (Å²) in [5.74, 6) is 0. The fourth-order valence-corrected chi connectivity index (χ4v) is 3.83. The SMILES string of the molecule is C[C@@H]1CN(C)[C@@H](C)CN1CCOCCOC(c1ccccc1)c1ccccc1.Cl.Cl. The van der Waals surface area contributed by atoms with Crippen molar-refractivity contribution in [3.05, 3.63) is 71.8 Å². The van der Waals surface area contributed by atoms with Gasteiger partial charge in [0, 0.05) is 31.7 Å². The van der Waals surface area contributed by atoms with Gasteiger partial charge in [-0.15, -0.1) is 24.8 Å². The molecular formula is C24H36Cl2N2O2. The van der Waals surface area contributed by atoms with Crippen molar-refractivity contribution in [2.45, 2.75) is 32.0 Å². The maximum absolute atomic E-state index is 6.21. The molecule has 0 radical (unpaired) electrons. The molecule has 0 aliphatic carbocycles. The van der Waals surface area contributed by atoms with Gasteiger partial charge in [-0.05, 0) is 32.0 Å². The molecule has 1 aliphatic heterocycles. The molecule has 2 aromatic carbocycles. The predicted molar refractivity (Wildman–Crippen MR) is 129 cm³/mol. The lowest BCUT2D eigenvalue weighted by Crippen LogP contribution is -2.55. The molecule has 4 nitrogen and oxygen atoms in total. The van der Waals surface area contributed by atoms with Gasteiger partial charge in [0.2, 0.25) is 0 Å². The Balaban J connectivity index is 0.00000225. The summed E-state index contributed by atoms with van der Waals surface area (Å²) in [5, 5.41) is 0. The fourth-order valence-electron chi connectivity index (χ4n) is 3.83. The van der Waals surface area contributed by atoms with E-state index >= 15 is 0 Å². The molecule has 1 saturated heterocycles. The van der Waals surface area contributed by atoms with Crippen molar-refractivity contribution in [2.24, 2.45) is 0 Å². The zero-order valence-corrected chi connectivity index (χ0v) is 19.9. The Hall–Kier alpha value is -1.14. The van der Waals surface area contributed by atoms with Crippen molar-refractivity contribution < 1.29 is 9.47 Å². The van der Waals surface area contributed by atoms with Crippen molar-refractivity contribution >= 4 is 24.8 Å². The minimum absolute atomic E-state index is 0. The van der Waals surface area contributed by atoms with Crippen LogP contribution < -0.4 is 0 Å². The fraction of sp³-hybridized carbons (Fsp3) is 0.500. The average molecular weight is 455 g/mol. The third kappa shape index (κ3) is 7.84. The van der Waals surface area contributed by atoms with E-state index in [1.165, 1.54) is 11.1 Å². The Bertz CT molecular complexity index is 651. The van der Waals surface area contributed by atoms with Crippen LogP contribution in [0.3, 0.4) is 0 Å². The standard InChI is InChI=1S/C24H34N2O2.2ClH/c1-20-19-26(21(2)18-25(20)3)14-15-27-16-17-28-24(22-10-6-4-7-11-22)23-12-8-5-9-13-23;;/h4-13,20-21,24H,14-19H2,1-3H3;2*1H/t20-,21+;;/m0../s1. The third-order valence-corrected chi connectivity index (χ3v) is 5.67. The smallest absolute Gasteiger partial charge is 0.108 e. The molecule has 0 saturated carbocycles. The van der Waals surface area contributed by atoms with E-state index in [0.29, 0.717) is 25.3 Å². The number of halogens is 2. The first-order valence-electron chi connectivity index (χ1n) is 10.4. The van der Waals surface area contributed by atoms with Crippen LogP contribution in [0.1, 0.15) is 31.1 Å². The van der Waals surface area contributed by atoms with Gasteiger partial charge in [0.15, 0.2) is 0 Å². The molecule has 3 rings (SSSR count). The van der Waals surface area contributed by atoms with Crippen LogP contribution in [-0.4, -0.2) is 68.4 Å². The predicted octanol–water partition coefficient (Wildman–Crippen LogP) is 4.68. The third-order valence-electron chi connectivity index (χ3n) is 5.67. The van der Waals surface area contributed by atoms with Gasteiger partial charge in [0.1, 0.15) is 6.10 Å². The molecule has 2 aromatic rings. The molecular weight excluding hydrogens is 419 g/mol. The van der Waals surface area contributed by atoms with Gasteiger partial charge in [0.25, 0.3) is 0 Å². The molecule has 6 heteroatoms. The lowest BCUT2D eigenvalue weighted by molar-refractivity contribution is -0.000733. The molecule has 0 spiro atoms. The molecule has 1 heterocycles. The van der Waals surface area contributed by atoms with Gasteiger partial charge in [-0.1, -0.05) is 60.7 Å². The maximum atomic E-state index is 6.21. The summed E-state index contributed by atoms with van der Waals surface area (Å²) in [7, 11) is 2.21. The van der Waals surface area contributed by atoms with E-state index in [1.54, 1.807) is 0 Å². The van der Waals surface area contributed by atoms with Gasteiger partial charge >= 0.3 is 0 Å². The zero-order valence-electron chi connectivity index (χ0n) is 18.3. The number of rotatable bonds is 9. The number of hydrogen-bond acceptors (Lipinski definition) is 4. The van der Waals surface area contributed by atoms with Crippen LogP contribution in [0.4, 0.5) is 0 Å². The average Bonchev–Trinajstić information content (AvgIpc) is 2.72. The highest BCUT2D eigenvalue weighted by Crippen LogP contribution is 2.25. The van der Waals surface area contributed by atoms with Crippen molar-refractivity contribution in [3.8, 4) is 0 Å². The lowest BCUT2D eigenvalue weighted by Gasteiger charge is -2.42. The number of hydrogen-bond donors (Lipinski definition) is 0. The molecule has 1 aliphatic rings. The van der Waals surface area contributed by atoms with Crippen LogP contribution in [0, 0.1) is 0 Å². The van der Waals surface area contributed by atoms with E-state index in [0.717, 1.165) is 26.2 Å². The molecule has 30 heavy (non-hydrogen) atoms. The first kappa shape index (κ1) is 26.9. The summed E-state index contributed by atoms with van der Waals surface area (Å²) < 4.78 is 12.1.